The third-order valence-electron chi connectivity index (χ3n) is 3.81. The summed E-state index contributed by atoms with van der Waals surface area (Å²) in [5.41, 5.74) is 4.79. The summed E-state index contributed by atoms with van der Waals surface area (Å²) in [5, 5.41) is 3.61. The van der Waals surface area contributed by atoms with Crippen LogP contribution in [0.5, 0.6) is 0 Å². The van der Waals surface area contributed by atoms with Crippen molar-refractivity contribution in [3.8, 4) is 0 Å². The first-order valence-electron chi connectivity index (χ1n) is 7.65. The van der Waals surface area contributed by atoms with Crippen LogP contribution in [-0.4, -0.2) is 6.54 Å². The Morgan fingerprint density at radius 2 is 1.90 bits per heavy atom. The molecule has 1 atom stereocenters. The summed E-state index contributed by atoms with van der Waals surface area (Å²) in [5.74, 6) is -0.162. The fourth-order valence-electron chi connectivity index (χ4n) is 2.62. The third kappa shape index (κ3) is 4.40. The first-order chi connectivity index (χ1) is 10.1. The van der Waals surface area contributed by atoms with Gasteiger partial charge in [0.25, 0.3) is 0 Å². The van der Waals surface area contributed by atoms with Gasteiger partial charge in [0.05, 0.1) is 0 Å². The van der Waals surface area contributed by atoms with E-state index >= 15 is 0 Å². The Balaban J connectivity index is 2.23. The van der Waals surface area contributed by atoms with Crippen molar-refractivity contribution in [3.05, 3.63) is 70.5 Å². The number of aryl methyl sites for hydroxylation is 2. The second kappa shape index (κ2) is 7.37. The van der Waals surface area contributed by atoms with Crippen LogP contribution in [0.4, 0.5) is 4.39 Å². The molecule has 112 valence electrons. The van der Waals surface area contributed by atoms with Gasteiger partial charge in [-0.05, 0) is 62.1 Å². The zero-order chi connectivity index (χ0) is 15.2. The molecule has 1 N–H and O–H groups in total. The Morgan fingerprint density at radius 3 is 2.57 bits per heavy atom. The lowest BCUT2D eigenvalue weighted by Crippen LogP contribution is -2.24. The van der Waals surface area contributed by atoms with E-state index < -0.39 is 0 Å². The summed E-state index contributed by atoms with van der Waals surface area (Å²) in [6, 6.07) is 13.9. The van der Waals surface area contributed by atoms with Gasteiger partial charge in [0.2, 0.25) is 0 Å². The Kier molecular flexibility index (Phi) is 5.51. The zero-order valence-corrected chi connectivity index (χ0v) is 13.1. The number of benzene rings is 2. The Labute approximate surface area is 127 Å². The lowest BCUT2D eigenvalue weighted by molar-refractivity contribution is 0.527. The maximum Gasteiger partial charge on any atom is 0.123 e. The second-order valence-corrected chi connectivity index (χ2v) is 5.70. The van der Waals surface area contributed by atoms with Crippen molar-refractivity contribution >= 4 is 0 Å². The first kappa shape index (κ1) is 15.7. The van der Waals surface area contributed by atoms with Crippen LogP contribution >= 0.6 is 0 Å². The number of nitrogens with one attached hydrogen (secondary N) is 1. The molecule has 0 aromatic heterocycles. The molecule has 0 saturated heterocycles. The average Bonchev–Trinajstić information content (AvgIpc) is 2.45. The minimum Gasteiger partial charge on any atom is -0.310 e. The van der Waals surface area contributed by atoms with Crippen molar-refractivity contribution in [2.24, 2.45) is 0 Å². The largest absolute Gasteiger partial charge is 0.310 e. The van der Waals surface area contributed by atoms with E-state index in [0.717, 1.165) is 24.9 Å². The predicted octanol–water partition coefficient (Wildman–Crippen LogP) is 4.73. The lowest BCUT2D eigenvalue weighted by Gasteiger charge is -2.20. The zero-order valence-electron chi connectivity index (χ0n) is 13.1. The molecule has 0 radical (unpaired) electrons. The average molecular weight is 285 g/mol. The van der Waals surface area contributed by atoms with Crippen molar-refractivity contribution in [2.75, 3.05) is 6.54 Å². The molecule has 2 heteroatoms. The minimum atomic E-state index is -0.162. The van der Waals surface area contributed by atoms with E-state index in [0.29, 0.717) is 0 Å². The highest BCUT2D eigenvalue weighted by atomic mass is 19.1. The van der Waals surface area contributed by atoms with E-state index in [1.165, 1.54) is 16.7 Å². The number of hydrogen-bond donors (Lipinski definition) is 1. The highest BCUT2D eigenvalue weighted by Crippen LogP contribution is 2.22. The highest BCUT2D eigenvalue weighted by molar-refractivity contribution is 5.31. The van der Waals surface area contributed by atoms with Gasteiger partial charge >= 0.3 is 0 Å². The van der Waals surface area contributed by atoms with Crippen molar-refractivity contribution < 1.29 is 4.39 Å². The van der Waals surface area contributed by atoms with Gasteiger partial charge in [-0.1, -0.05) is 42.8 Å². The Hall–Kier alpha value is -1.67. The van der Waals surface area contributed by atoms with Crippen LogP contribution in [0.1, 0.15) is 41.6 Å². The maximum atomic E-state index is 13.2. The molecular formula is C19H24FN. The molecule has 0 spiro atoms. The van der Waals surface area contributed by atoms with E-state index in [-0.39, 0.29) is 11.9 Å². The summed E-state index contributed by atoms with van der Waals surface area (Å²) in [4.78, 5) is 0. The van der Waals surface area contributed by atoms with Gasteiger partial charge < -0.3 is 5.32 Å². The molecule has 0 aliphatic rings. The monoisotopic (exact) mass is 285 g/mol. The van der Waals surface area contributed by atoms with Gasteiger partial charge in [-0.3, -0.25) is 0 Å². The van der Waals surface area contributed by atoms with E-state index in [4.69, 9.17) is 0 Å². The van der Waals surface area contributed by atoms with Gasteiger partial charge in [0, 0.05) is 6.04 Å². The molecule has 2 aromatic rings. The van der Waals surface area contributed by atoms with Gasteiger partial charge in [-0.2, -0.15) is 0 Å². The summed E-state index contributed by atoms with van der Waals surface area (Å²) in [6.07, 6.45) is 1.99. The predicted molar refractivity (Wildman–Crippen MR) is 87.1 cm³/mol. The maximum absolute atomic E-state index is 13.2. The molecule has 0 fully saturated rings. The van der Waals surface area contributed by atoms with Crippen molar-refractivity contribution in [3.63, 3.8) is 0 Å². The van der Waals surface area contributed by atoms with Crippen molar-refractivity contribution in [1.82, 2.24) is 5.32 Å². The fraction of sp³-hybridized carbons (Fsp3) is 0.368. The summed E-state index contributed by atoms with van der Waals surface area (Å²) in [6.45, 7) is 7.25. The van der Waals surface area contributed by atoms with E-state index in [1.54, 1.807) is 12.1 Å². The summed E-state index contributed by atoms with van der Waals surface area (Å²) >= 11 is 0. The SMILES string of the molecule is CCCNC(Cc1ccc(F)cc1C)c1cccc(C)c1. The molecule has 2 aromatic carbocycles. The first-order valence-corrected chi connectivity index (χ1v) is 7.65. The van der Waals surface area contributed by atoms with Gasteiger partial charge in [0.1, 0.15) is 5.82 Å². The summed E-state index contributed by atoms with van der Waals surface area (Å²) < 4.78 is 13.2. The standard InChI is InChI=1S/C19H24FN/c1-4-10-21-19(17-7-5-6-14(2)11-17)13-16-8-9-18(20)12-15(16)3/h5-9,11-12,19,21H,4,10,13H2,1-3H3. The lowest BCUT2D eigenvalue weighted by atomic mass is 9.95. The fourth-order valence-corrected chi connectivity index (χ4v) is 2.62. The molecule has 0 bridgehead atoms. The van der Waals surface area contributed by atoms with Gasteiger partial charge in [-0.15, -0.1) is 0 Å². The van der Waals surface area contributed by atoms with Crippen molar-refractivity contribution in [2.45, 2.75) is 39.7 Å². The molecule has 0 aliphatic heterocycles. The number of rotatable bonds is 6. The molecule has 2 rings (SSSR count). The van der Waals surface area contributed by atoms with E-state index in [2.05, 4.69) is 43.4 Å². The Bertz CT molecular complexity index is 592. The number of hydrogen-bond acceptors (Lipinski definition) is 1. The molecule has 21 heavy (non-hydrogen) atoms. The van der Waals surface area contributed by atoms with Crippen LogP contribution in [0.15, 0.2) is 42.5 Å². The smallest absolute Gasteiger partial charge is 0.123 e. The van der Waals surface area contributed by atoms with Crippen LogP contribution in [0.2, 0.25) is 0 Å². The Morgan fingerprint density at radius 1 is 1.10 bits per heavy atom. The molecule has 0 amide bonds. The minimum absolute atomic E-state index is 0.162. The second-order valence-electron chi connectivity index (χ2n) is 5.70. The molecule has 1 unspecified atom stereocenters. The van der Waals surface area contributed by atoms with Crippen molar-refractivity contribution in [1.29, 1.82) is 0 Å². The highest BCUT2D eigenvalue weighted by Gasteiger charge is 2.13. The van der Waals surface area contributed by atoms with Crippen LogP contribution < -0.4 is 5.32 Å². The van der Waals surface area contributed by atoms with Crippen LogP contribution in [0, 0.1) is 19.7 Å². The topological polar surface area (TPSA) is 12.0 Å². The normalized spacial score (nSPS) is 12.4. The van der Waals surface area contributed by atoms with Gasteiger partial charge in [0.15, 0.2) is 0 Å². The van der Waals surface area contributed by atoms with Gasteiger partial charge in [-0.25, -0.2) is 4.39 Å². The number of halogens is 1. The van der Waals surface area contributed by atoms with E-state index in [9.17, 15) is 4.39 Å². The molecule has 0 heterocycles. The van der Waals surface area contributed by atoms with Crippen LogP contribution in [0.25, 0.3) is 0 Å². The summed E-state index contributed by atoms with van der Waals surface area (Å²) in [7, 11) is 0. The molecule has 1 nitrogen and oxygen atoms in total. The van der Waals surface area contributed by atoms with Crippen LogP contribution in [-0.2, 0) is 6.42 Å². The van der Waals surface area contributed by atoms with Crippen LogP contribution in [0.3, 0.4) is 0 Å². The molecule has 0 saturated carbocycles. The third-order valence-corrected chi connectivity index (χ3v) is 3.81. The quantitative estimate of drug-likeness (QED) is 0.809. The van der Waals surface area contributed by atoms with E-state index in [1.807, 2.05) is 13.0 Å². The molecular weight excluding hydrogens is 261 g/mol. The molecule has 0 aliphatic carbocycles.